The molecule has 0 atom stereocenters. The molecule has 0 saturated carbocycles. The van der Waals surface area contributed by atoms with E-state index in [1.54, 1.807) is 39.5 Å². The molecule has 1 spiro atoms. The summed E-state index contributed by atoms with van der Waals surface area (Å²) in [5, 5.41) is 0. The topological polar surface area (TPSA) is 0 Å². The first-order valence-corrected chi connectivity index (χ1v) is 16.2. The Morgan fingerprint density at radius 2 is 0.889 bits per heavy atom. The second-order valence-electron chi connectivity index (χ2n) is 3.91. The molecule has 0 N–H and O–H groups in total. The predicted molar refractivity (Wildman–Crippen MR) is 37.7 cm³/mol. The fraction of sp³-hybridized carbons (Fsp3) is 1.00. The van der Waals surface area contributed by atoms with Gasteiger partial charge in [0.25, 0.3) is 0 Å². The monoisotopic (exact) mass is 350 g/mol. The number of rotatable bonds is 0. The summed E-state index contributed by atoms with van der Waals surface area (Å²) < 4.78 is 7.17. The van der Waals surface area contributed by atoms with Crippen molar-refractivity contribution in [1.29, 1.82) is 0 Å². The second-order valence-corrected chi connectivity index (χ2v) is 24.7. The van der Waals surface area contributed by atoms with Gasteiger partial charge in [-0.1, -0.05) is 0 Å². The SMILES string of the molecule is C1C[CH2][U]2([CH2]1)[CH2]CC[CH2]2. The summed E-state index contributed by atoms with van der Waals surface area (Å²) in [5.41, 5.74) is 0. The molecule has 0 unspecified atom stereocenters. The van der Waals surface area contributed by atoms with Gasteiger partial charge in [0, 0.05) is 0 Å². The average molecular weight is 350 g/mol. The average Bonchev–Trinajstić information content (AvgIpc) is 2.45. The van der Waals surface area contributed by atoms with Crippen LogP contribution in [0.3, 0.4) is 0 Å². The fourth-order valence-corrected chi connectivity index (χ4v) is 25.7. The Morgan fingerprint density at radius 3 is 1.22 bits per heavy atom. The first kappa shape index (κ1) is 6.74. The first-order valence-electron chi connectivity index (χ1n) is 4.41. The molecule has 0 bridgehead atoms. The van der Waals surface area contributed by atoms with Crippen molar-refractivity contribution >= 4 is 0 Å². The maximum absolute atomic E-state index is 1.79. The van der Waals surface area contributed by atoms with Crippen molar-refractivity contribution in [2.24, 2.45) is 0 Å². The summed E-state index contributed by atoms with van der Waals surface area (Å²) in [6, 6.07) is 0. The predicted octanol–water partition coefficient (Wildman–Crippen LogP) is 3.40. The number of hydrogen-bond donors (Lipinski definition) is 0. The fourth-order valence-electron chi connectivity index (χ4n) is 2.75. The quantitative estimate of drug-likeness (QED) is 0.628. The zero-order valence-electron chi connectivity index (χ0n) is 6.16. The molecular weight excluding hydrogens is 334 g/mol. The van der Waals surface area contributed by atoms with Gasteiger partial charge in [0.05, 0.1) is 0 Å². The molecule has 2 aliphatic heterocycles. The summed E-state index contributed by atoms with van der Waals surface area (Å²) in [5.74, 6) is 0. The van der Waals surface area contributed by atoms with Crippen LogP contribution >= 0.6 is 0 Å². The van der Waals surface area contributed by atoms with E-state index in [0.717, 1.165) is 0 Å². The molecule has 2 fully saturated rings. The van der Waals surface area contributed by atoms with Gasteiger partial charge in [-0.05, 0) is 0 Å². The van der Waals surface area contributed by atoms with Crippen molar-refractivity contribution in [2.75, 3.05) is 0 Å². The van der Waals surface area contributed by atoms with Crippen LogP contribution in [-0.2, 0) is 0 Å². The minimum atomic E-state index is -1.36. The van der Waals surface area contributed by atoms with Gasteiger partial charge in [-0.15, -0.1) is 0 Å². The molecule has 0 radical (unpaired) electrons. The van der Waals surface area contributed by atoms with Crippen LogP contribution in [0, 0.1) is 24.4 Å². The Kier molecular flexibility index (Phi) is 1.94. The molecule has 2 aliphatic rings. The first-order chi connectivity index (χ1) is 4.41. The van der Waals surface area contributed by atoms with E-state index in [9.17, 15) is 0 Å². The summed E-state index contributed by atoms with van der Waals surface area (Å²) >= 11 is -1.36. The van der Waals surface area contributed by atoms with Crippen LogP contribution in [-0.4, -0.2) is 0 Å². The van der Waals surface area contributed by atoms with Crippen LogP contribution in [0.1, 0.15) is 25.7 Å². The van der Waals surface area contributed by atoms with Gasteiger partial charge in [-0.25, -0.2) is 0 Å². The third kappa shape index (κ3) is 1.24. The third-order valence-electron chi connectivity index (χ3n) is 3.33. The Bertz CT molecular complexity index is 79.6. The zero-order chi connectivity index (χ0) is 6.16. The Hall–Kier alpha value is 1.05. The number of hydrogen-bond acceptors (Lipinski definition) is 0. The molecular formula is C8H16U. The molecule has 0 aromatic heterocycles. The van der Waals surface area contributed by atoms with Crippen LogP contribution < -0.4 is 0 Å². The molecule has 2 rings (SSSR count). The second kappa shape index (κ2) is 2.59. The van der Waals surface area contributed by atoms with Crippen molar-refractivity contribution in [3.05, 3.63) is 0 Å². The Labute approximate surface area is 63.5 Å². The van der Waals surface area contributed by atoms with Gasteiger partial charge in [0.1, 0.15) is 0 Å². The van der Waals surface area contributed by atoms with E-state index in [1.165, 1.54) is 0 Å². The van der Waals surface area contributed by atoms with E-state index in [4.69, 9.17) is 0 Å². The summed E-state index contributed by atoms with van der Waals surface area (Å²) in [6.07, 6.45) is 6.52. The summed E-state index contributed by atoms with van der Waals surface area (Å²) in [7, 11) is 0. The molecule has 1 heteroatoms. The molecule has 0 aromatic carbocycles. The van der Waals surface area contributed by atoms with Crippen molar-refractivity contribution in [3.8, 4) is 0 Å². The van der Waals surface area contributed by atoms with E-state index in [1.807, 2.05) is 0 Å². The van der Waals surface area contributed by atoms with Crippen LogP contribution in [0.2, 0.25) is 13.8 Å². The molecule has 9 heavy (non-hydrogen) atoms. The van der Waals surface area contributed by atoms with E-state index in [0.29, 0.717) is 0 Å². The Morgan fingerprint density at radius 1 is 0.556 bits per heavy atom. The van der Waals surface area contributed by atoms with Gasteiger partial charge in [-0.2, -0.15) is 0 Å². The standard InChI is InChI=1S/2C4H8.U/c2*1-3-4-2;/h2*1-4H2;. The van der Waals surface area contributed by atoms with Crippen molar-refractivity contribution < 1.29 is 24.4 Å². The molecule has 0 amide bonds. The van der Waals surface area contributed by atoms with Crippen LogP contribution in [0.5, 0.6) is 0 Å². The van der Waals surface area contributed by atoms with E-state index < -0.39 is 24.4 Å². The third-order valence-corrected chi connectivity index (χ3v) is 26.9. The van der Waals surface area contributed by atoms with Gasteiger partial charge in [0.2, 0.25) is 0 Å². The molecule has 0 aliphatic carbocycles. The summed E-state index contributed by atoms with van der Waals surface area (Å²) in [4.78, 5) is 0. The van der Waals surface area contributed by atoms with E-state index >= 15 is 0 Å². The summed E-state index contributed by atoms with van der Waals surface area (Å²) in [6.45, 7) is 0. The minimum absolute atomic E-state index is 1.36. The normalized spacial score (nSPS) is 32.0. The maximum atomic E-state index is 1.79. The van der Waals surface area contributed by atoms with Crippen molar-refractivity contribution in [3.63, 3.8) is 0 Å². The molecule has 0 aromatic rings. The molecule has 2 saturated heterocycles. The van der Waals surface area contributed by atoms with Gasteiger partial charge in [-0.3, -0.25) is 0 Å². The van der Waals surface area contributed by atoms with Crippen molar-refractivity contribution in [2.45, 2.75) is 39.5 Å². The molecule has 0 nitrogen and oxygen atoms in total. The van der Waals surface area contributed by atoms with Crippen LogP contribution in [0.4, 0.5) is 0 Å². The van der Waals surface area contributed by atoms with E-state index in [-0.39, 0.29) is 0 Å². The van der Waals surface area contributed by atoms with Crippen LogP contribution in [0.25, 0.3) is 0 Å². The van der Waals surface area contributed by atoms with Crippen molar-refractivity contribution in [1.82, 2.24) is 0 Å². The molecule has 2 heterocycles. The van der Waals surface area contributed by atoms with E-state index in [2.05, 4.69) is 0 Å². The Balaban J connectivity index is 2.04. The van der Waals surface area contributed by atoms with Crippen LogP contribution in [0.15, 0.2) is 0 Å². The zero-order valence-corrected chi connectivity index (χ0v) is 10.3. The van der Waals surface area contributed by atoms with Gasteiger partial charge in [0.15, 0.2) is 0 Å². The molecule has 52 valence electrons. The van der Waals surface area contributed by atoms with Gasteiger partial charge < -0.3 is 0 Å². The van der Waals surface area contributed by atoms with Gasteiger partial charge >= 0.3 is 63.9 Å².